The minimum absolute atomic E-state index is 0.0708. The molecule has 328 valence electrons. The lowest BCUT2D eigenvalue weighted by atomic mass is 10.1. The zero-order valence-corrected chi connectivity index (χ0v) is 36.9. The second-order valence-electron chi connectivity index (χ2n) is 15.3. The number of anilines is 2. The van der Waals surface area contributed by atoms with Gasteiger partial charge in [-0.25, -0.2) is 24.3 Å². The molecule has 0 fully saturated rings. The fourth-order valence-electron chi connectivity index (χ4n) is 6.44. The molecule has 0 atom stereocenters. The number of hydrogen-bond acceptors (Lipinski definition) is 15. The van der Waals surface area contributed by atoms with Crippen LogP contribution in [-0.2, 0) is 9.47 Å². The zero-order valence-electron chi connectivity index (χ0n) is 36.1. The van der Waals surface area contributed by atoms with Gasteiger partial charge in [0, 0.05) is 89.6 Å². The van der Waals surface area contributed by atoms with Crippen molar-refractivity contribution in [3.05, 3.63) is 133 Å². The average molecular weight is 883 g/mol. The van der Waals surface area contributed by atoms with E-state index in [1.807, 2.05) is 69.3 Å². The third-order valence-corrected chi connectivity index (χ3v) is 9.43. The normalized spacial score (nSPS) is 11.1. The standard InChI is InChI=1S/C19H23N5O3.C14H15N5O.C12H9ClN4/c1-13-11-16(21-9-10-26-18(25)27-19(2,3)4)24-17(23-13)15(12-22-24)14-5-7-20-8-6-14;1-10-8-13(16-6-7-20)19-14(18-10)12(9-17-19)11-2-4-15-5-3-11;1-8-6-11(13)17-12(16-8)10(7-15-17)9-2-4-14-5-3-9/h5-8,11-12,21H,9-10H2,1-4H3;2-5,8-9,16,20H,6-7H2,1H3;2-7H,1H3. The largest absolute Gasteiger partial charge is 0.508 e. The fraction of sp³-hybridized carbons (Fsp3) is 0.244. The molecule has 0 aromatic carbocycles. The number of aliphatic hydroxyl groups is 1. The number of fused-ring (bicyclic) bond motifs is 3. The molecule has 0 radical (unpaired) electrons. The Hall–Kier alpha value is -7.57. The van der Waals surface area contributed by atoms with Crippen LogP contribution in [0.3, 0.4) is 0 Å². The summed E-state index contributed by atoms with van der Waals surface area (Å²) in [6, 6.07) is 17.1. The monoisotopic (exact) mass is 882 g/mol. The van der Waals surface area contributed by atoms with Gasteiger partial charge in [0.25, 0.3) is 0 Å². The summed E-state index contributed by atoms with van der Waals surface area (Å²) in [5.41, 5.74) is 10.3. The van der Waals surface area contributed by atoms with Gasteiger partial charge < -0.3 is 25.2 Å². The van der Waals surface area contributed by atoms with Crippen molar-refractivity contribution in [1.29, 1.82) is 0 Å². The van der Waals surface area contributed by atoms with Crippen molar-refractivity contribution in [2.75, 3.05) is 36.9 Å². The Morgan fingerprint density at radius 1 is 0.625 bits per heavy atom. The summed E-state index contributed by atoms with van der Waals surface area (Å²) in [4.78, 5) is 37.3. The molecule has 3 N–H and O–H groups in total. The molecule has 0 aliphatic carbocycles. The van der Waals surface area contributed by atoms with Gasteiger partial charge >= 0.3 is 6.16 Å². The number of halogens is 1. The van der Waals surface area contributed by atoms with Crippen LogP contribution in [0.5, 0.6) is 0 Å². The molecule has 0 spiro atoms. The number of pyridine rings is 3. The third kappa shape index (κ3) is 10.9. The number of carbonyl (C=O) groups excluding carboxylic acids is 1. The molecular formula is C45H47ClN14O4. The Morgan fingerprint density at radius 3 is 1.44 bits per heavy atom. The minimum atomic E-state index is -0.681. The minimum Gasteiger partial charge on any atom is -0.432 e. The predicted octanol–water partition coefficient (Wildman–Crippen LogP) is 7.72. The summed E-state index contributed by atoms with van der Waals surface area (Å²) in [6.07, 6.45) is 15.1. The zero-order chi connectivity index (χ0) is 45.2. The van der Waals surface area contributed by atoms with Crippen molar-refractivity contribution < 1.29 is 19.4 Å². The van der Waals surface area contributed by atoms with E-state index in [1.165, 1.54) is 0 Å². The number of carbonyl (C=O) groups is 1. The molecule has 18 nitrogen and oxygen atoms in total. The summed E-state index contributed by atoms with van der Waals surface area (Å²) in [6.45, 7) is 12.3. The molecule has 9 aromatic rings. The lowest BCUT2D eigenvalue weighted by Crippen LogP contribution is -2.25. The highest BCUT2D eigenvalue weighted by Gasteiger charge is 2.18. The van der Waals surface area contributed by atoms with Crippen LogP contribution >= 0.6 is 11.6 Å². The second kappa shape index (κ2) is 20.1. The molecule has 0 amide bonds. The van der Waals surface area contributed by atoms with E-state index in [9.17, 15) is 4.79 Å². The maximum atomic E-state index is 11.6. The summed E-state index contributed by atoms with van der Waals surface area (Å²) < 4.78 is 15.3. The smallest absolute Gasteiger partial charge is 0.432 e. The number of aryl methyl sites for hydroxylation is 3. The van der Waals surface area contributed by atoms with Gasteiger partial charge in [-0.3, -0.25) is 15.0 Å². The average Bonchev–Trinajstić information content (AvgIpc) is 4.03. The van der Waals surface area contributed by atoms with Crippen LogP contribution in [0.2, 0.25) is 5.15 Å². The van der Waals surface area contributed by atoms with E-state index in [-0.39, 0.29) is 13.2 Å². The Balaban J connectivity index is 0.000000148. The van der Waals surface area contributed by atoms with Crippen LogP contribution in [0.4, 0.5) is 16.4 Å². The maximum absolute atomic E-state index is 11.6. The number of hydrogen-bond donors (Lipinski definition) is 3. The summed E-state index contributed by atoms with van der Waals surface area (Å²) in [5.74, 6) is 1.59. The second-order valence-corrected chi connectivity index (χ2v) is 15.7. The number of aromatic nitrogens is 12. The molecule has 9 heterocycles. The van der Waals surface area contributed by atoms with Gasteiger partial charge in [0.2, 0.25) is 0 Å². The topological polar surface area (TPSA) is 209 Å². The Morgan fingerprint density at radius 2 is 1.02 bits per heavy atom. The van der Waals surface area contributed by atoms with Gasteiger partial charge in [0.15, 0.2) is 16.9 Å². The maximum Gasteiger partial charge on any atom is 0.508 e. The first-order valence-corrected chi connectivity index (χ1v) is 20.6. The van der Waals surface area contributed by atoms with Crippen molar-refractivity contribution >= 4 is 46.3 Å². The number of nitrogens with one attached hydrogen (secondary N) is 2. The van der Waals surface area contributed by atoms with Gasteiger partial charge in [-0.1, -0.05) is 11.6 Å². The lowest BCUT2D eigenvalue weighted by Gasteiger charge is -2.18. The molecule has 0 unspecified atom stereocenters. The van der Waals surface area contributed by atoms with Crippen molar-refractivity contribution in [1.82, 2.24) is 58.7 Å². The third-order valence-electron chi connectivity index (χ3n) is 9.17. The van der Waals surface area contributed by atoms with Crippen molar-refractivity contribution in [3.63, 3.8) is 0 Å². The van der Waals surface area contributed by atoms with Gasteiger partial charge in [-0.2, -0.15) is 24.3 Å². The van der Waals surface area contributed by atoms with E-state index >= 15 is 0 Å². The molecule has 19 heteroatoms. The van der Waals surface area contributed by atoms with Crippen LogP contribution in [-0.4, -0.2) is 102 Å². The van der Waals surface area contributed by atoms with Crippen LogP contribution < -0.4 is 10.6 Å². The Labute approximate surface area is 373 Å². The van der Waals surface area contributed by atoms with E-state index in [4.69, 9.17) is 26.2 Å². The van der Waals surface area contributed by atoms with Crippen LogP contribution in [0.1, 0.15) is 37.9 Å². The summed E-state index contributed by atoms with van der Waals surface area (Å²) in [7, 11) is 0. The fourth-order valence-corrected chi connectivity index (χ4v) is 6.72. The first-order valence-electron chi connectivity index (χ1n) is 20.3. The molecule has 0 saturated carbocycles. The van der Waals surface area contributed by atoms with Gasteiger partial charge in [-0.05, 0) is 101 Å². The number of aliphatic hydroxyl groups excluding tert-OH is 1. The molecule has 0 aliphatic heterocycles. The molecule has 0 bridgehead atoms. The van der Waals surface area contributed by atoms with Crippen LogP contribution in [0.15, 0.2) is 110 Å². The number of nitrogens with zero attached hydrogens (tertiary/aromatic N) is 12. The van der Waals surface area contributed by atoms with Crippen LogP contribution in [0, 0.1) is 20.8 Å². The van der Waals surface area contributed by atoms with Gasteiger partial charge in [0.1, 0.15) is 29.0 Å². The highest BCUT2D eigenvalue weighted by atomic mass is 35.5. The molecule has 9 aromatic heterocycles. The first-order chi connectivity index (χ1) is 30.9. The van der Waals surface area contributed by atoms with E-state index in [1.54, 1.807) is 96.2 Å². The molecule has 9 rings (SSSR count). The predicted molar refractivity (Wildman–Crippen MR) is 244 cm³/mol. The molecule has 0 saturated heterocycles. The van der Waals surface area contributed by atoms with Crippen molar-refractivity contribution in [2.24, 2.45) is 0 Å². The van der Waals surface area contributed by atoms with E-state index in [0.29, 0.717) is 18.2 Å². The number of rotatable bonds is 10. The number of ether oxygens (including phenoxy) is 2. The van der Waals surface area contributed by atoms with Crippen LogP contribution in [0.25, 0.3) is 50.3 Å². The summed E-state index contributed by atoms with van der Waals surface area (Å²) >= 11 is 6.11. The van der Waals surface area contributed by atoms with Crippen molar-refractivity contribution in [3.8, 4) is 33.4 Å². The first kappa shape index (κ1) is 44.5. The molecular weight excluding hydrogens is 836 g/mol. The SMILES string of the molecule is Cc1cc(Cl)n2ncc(-c3ccncc3)c2n1.Cc1cc(NCCO)n2ncc(-c3ccncc3)c2n1.Cc1cc(NCCOC(=O)OC(C)(C)C)n2ncc(-c3ccncc3)c2n1. The summed E-state index contributed by atoms with van der Waals surface area (Å²) in [5, 5.41) is 28.9. The van der Waals surface area contributed by atoms with E-state index in [2.05, 4.69) is 55.8 Å². The Kier molecular flexibility index (Phi) is 14.0. The quantitative estimate of drug-likeness (QED) is 0.0682. The van der Waals surface area contributed by atoms with Crippen molar-refractivity contribution in [2.45, 2.75) is 47.1 Å². The van der Waals surface area contributed by atoms with E-state index < -0.39 is 11.8 Å². The lowest BCUT2D eigenvalue weighted by molar-refractivity contribution is -0.00547. The van der Waals surface area contributed by atoms with Gasteiger partial charge in [-0.15, -0.1) is 0 Å². The van der Waals surface area contributed by atoms with E-state index in [0.717, 1.165) is 79.0 Å². The van der Waals surface area contributed by atoms with Gasteiger partial charge in [0.05, 0.1) is 31.7 Å². The molecule has 0 aliphatic rings. The Bertz CT molecular complexity index is 2970. The highest BCUT2D eigenvalue weighted by Crippen LogP contribution is 2.27. The highest BCUT2D eigenvalue weighted by molar-refractivity contribution is 6.29. The molecule has 64 heavy (non-hydrogen) atoms.